The Morgan fingerprint density at radius 3 is 2.61 bits per heavy atom. The third-order valence-corrected chi connectivity index (χ3v) is 6.30. The first-order valence-corrected chi connectivity index (χ1v) is 11.7. The van der Waals surface area contributed by atoms with Gasteiger partial charge in [0.2, 0.25) is 11.8 Å². The van der Waals surface area contributed by atoms with Gasteiger partial charge in [-0.1, -0.05) is 17.8 Å². The number of benzene rings is 2. The average Bonchev–Trinajstić information content (AvgIpc) is 3.32. The number of anilines is 2. The van der Waals surface area contributed by atoms with Crippen LogP contribution in [0.3, 0.4) is 0 Å². The summed E-state index contributed by atoms with van der Waals surface area (Å²) in [4.78, 5) is 27.1. The summed E-state index contributed by atoms with van der Waals surface area (Å²) >= 11 is 0.897. The molecular formula is C22H21F3N6O4S. The minimum atomic E-state index is -4.55. The van der Waals surface area contributed by atoms with Crippen molar-refractivity contribution < 1.29 is 27.3 Å². The summed E-state index contributed by atoms with van der Waals surface area (Å²) < 4.78 is 45.4. The standard InChI is InChI=1S/C22H21F3N6O4S/c1-29-7-9-30(10-8-29)18-6-5-15(22(23,24)25)12-17(18)26-19(32)13-36-21-28-27-20(35-21)14-3-2-4-16(11-14)31(33)34/h2-6,11-12H,7-10,13H2,1H3,(H,26,32). The molecule has 1 aliphatic heterocycles. The molecule has 0 radical (unpaired) electrons. The Kier molecular flexibility index (Phi) is 7.45. The Labute approximate surface area is 207 Å². The zero-order chi connectivity index (χ0) is 25.9. The second-order valence-electron chi connectivity index (χ2n) is 8.04. The summed E-state index contributed by atoms with van der Waals surface area (Å²) in [6.45, 7) is 2.71. The molecule has 3 aromatic rings. The Balaban J connectivity index is 1.45. The normalized spacial score (nSPS) is 14.6. The summed E-state index contributed by atoms with van der Waals surface area (Å²) in [6, 6.07) is 8.96. The molecule has 0 bridgehead atoms. The average molecular weight is 523 g/mol. The van der Waals surface area contributed by atoms with E-state index in [1.807, 2.05) is 11.9 Å². The smallest absolute Gasteiger partial charge is 0.411 e. The zero-order valence-electron chi connectivity index (χ0n) is 19.0. The van der Waals surface area contributed by atoms with Crippen molar-refractivity contribution in [3.8, 4) is 11.5 Å². The van der Waals surface area contributed by atoms with Gasteiger partial charge in [0.25, 0.3) is 10.9 Å². The van der Waals surface area contributed by atoms with Crippen LogP contribution in [0.2, 0.25) is 0 Å². The van der Waals surface area contributed by atoms with E-state index in [4.69, 9.17) is 4.42 Å². The van der Waals surface area contributed by atoms with Crippen molar-refractivity contribution in [3.05, 3.63) is 58.1 Å². The number of rotatable bonds is 7. The van der Waals surface area contributed by atoms with Crippen LogP contribution in [0.25, 0.3) is 11.5 Å². The van der Waals surface area contributed by atoms with Crippen molar-refractivity contribution in [1.29, 1.82) is 0 Å². The van der Waals surface area contributed by atoms with Gasteiger partial charge in [0.05, 0.1) is 27.6 Å². The molecule has 1 N–H and O–H groups in total. The summed E-state index contributed by atoms with van der Waals surface area (Å²) in [5.74, 6) is -0.712. The number of piperazine rings is 1. The van der Waals surface area contributed by atoms with Crippen LogP contribution in [0.15, 0.2) is 52.1 Å². The topological polar surface area (TPSA) is 118 Å². The molecule has 36 heavy (non-hydrogen) atoms. The van der Waals surface area contributed by atoms with Gasteiger partial charge in [0, 0.05) is 43.9 Å². The van der Waals surface area contributed by atoms with E-state index in [0.29, 0.717) is 24.3 Å². The molecule has 1 aliphatic rings. The van der Waals surface area contributed by atoms with Crippen molar-refractivity contribution in [3.63, 3.8) is 0 Å². The molecule has 1 saturated heterocycles. The van der Waals surface area contributed by atoms with Crippen molar-refractivity contribution >= 4 is 34.7 Å². The van der Waals surface area contributed by atoms with Crippen LogP contribution in [-0.4, -0.2) is 64.9 Å². The number of nitrogens with one attached hydrogen (secondary N) is 1. The second-order valence-corrected chi connectivity index (χ2v) is 8.96. The molecule has 4 rings (SSSR count). The molecule has 0 atom stereocenters. The van der Waals surface area contributed by atoms with Gasteiger partial charge in [-0.25, -0.2) is 0 Å². The maximum atomic E-state index is 13.3. The molecule has 14 heteroatoms. The molecule has 2 aromatic carbocycles. The van der Waals surface area contributed by atoms with Gasteiger partial charge in [-0.05, 0) is 31.3 Å². The Morgan fingerprint density at radius 2 is 1.92 bits per heavy atom. The largest absolute Gasteiger partial charge is 0.416 e. The van der Waals surface area contributed by atoms with Gasteiger partial charge < -0.3 is 19.5 Å². The van der Waals surface area contributed by atoms with E-state index < -0.39 is 22.6 Å². The number of hydrogen-bond donors (Lipinski definition) is 1. The maximum Gasteiger partial charge on any atom is 0.416 e. The number of carbonyl (C=O) groups excluding carboxylic acids is 1. The fraction of sp³-hybridized carbons (Fsp3) is 0.318. The fourth-order valence-electron chi connectivity index (χ4n) is 3.59. The van der Waals surface area contributed by atoms with Gasteiger partial charge in [0.15, 0.2) is 0 Å². The van der Waals surface area contributed by atoms with E-state index in [1.54, 1.807) is 6.07 Å². The van der Waals surface area contributed by atoms with Gasteiger partial charge in [-0.3, -0.25) is 14.9 Å². The molecule has 0 saturated carbocycles. The zero-order valence-corrected chi connectivity index (χ0v) is 19.8. The number of aromatic nitrogens is 2. The predicted octanol–water partition coefficient (Wildman–Crippen LogP) is 4.15. The highest BCUT2D eigenvalue weighted by molar-refractivity contribution is 7.99. The highest BCUT2D eigenvalue weighted by Crippen LogP contribution is 2.36. The first-order chi connectivity index (χ1) is 17.1. The van der Waals surface area contributed by atoms with E-state index in [1.165, 1.54) is 24.3 Å². The van der Waals surface area contributed by atoms with Crippen molar-refractivity contribution in [1.82, 2.24) is 15.1 Å². The number of nitro groups is 1. The molecule has 1 amide bonds. The SMILES string of the molecule is CN1CCN(c2ccc(C(F)(F)F)cc2NC(=O)CSc2nnc(-c3cccc([N+](=O)[O-])c3)o2)CC1. The summed E-state index contributed by atoms with van der Waals surface area (Å²) in [7, 11) is 1.96. The number of alkyl halides is 3. The summed E-state index contributed by atoms with van der Waals surface area (Å²) in [5.41, 5.74) is -0.0740. The number of thioether (sulfide) groups is 1. The summed E-state index contributed by atoms with van der Waals surface area (Å²) in [5, 5.41) is 21.2. The predicted molar refractivity (Wildman–Crippen MR) is 127 cm³/mol. The monoisotopic (exact) mass is 522 g/mol. The highest BCUT2D eigenvalue weighted by Gasteiger charge is 2.32. The Hall–Kier alpha value is -3.65. The molecule has 0 aliphatic carbocycles. The third kappa shape index (κ3) is 6.12. The molecule has 0 unspecified atom stereocenters. The van der Waals surface area contributed by atoms with Crippen LogP contribution in [0, 0.1) is 10.1 Å². The number of nitro benzene ring substituents is 1. The lowest BCUT2D eigenvalue weighted by Crippen LogP contribution is -2.44. The van der Waals surface area contributed by atoms with Gasteiger partial charge in [0.1, 0.15) is 0 Å². The van der Waals surface area contributed by atoms with Gasteiger partial charge in [-0.2, -0.15) is 13.2 Å². The van der Waals surface area contributed by atoms with E-state index in [-0.39, 0.29) is 28.2 Å². The van der Waals surface area contributed by atoms with E-state index in [0.717, 1.165) is 37.0 Å². The lowest BCUT2D eigenvalue weighted by atomic mass is 10.1. The number of hydrogen-bond acceptors (Lipinski definition) is 9. The third-order valence-electron chi connectivity index (χ3n) is 5.48. The van der Waals surface area contributed by atoms with Gasteiger partial charge >= 0.3 is 6.18 Å². The van der Waals surface area contributed by atoms with Crippen LogP contribution in [0.4, 0.5) is 30.2 Å². The molecule has 10 nitrogen and oxygen atoms in total. The minimum Gasteiger partial charge on any atom is -0.411 e. The van der Waals surface area contributed by atoms with E-state index >= 15 is 0 Å². The van der Waals surface area contributed by atoms with E-state index in [9.17, 15) is 28.1 Å². The highest BCUT2D eigenvalue weighted by atomic mass is 32.2. The number of likely N-dealkylation sites (N-methyl/N-ethyl adjacent to an activating group) is 1. The van der Waals surface area contributed by atoms with Crippen LogP contribution in [0.1, 0.15) is 5.56 Å². The van der Waals surface area contributed by atoms with Gasteiger partial charge in [-0.15, -0.1) is 10.2 Å². The summed E-state index contributed by atoms with van der Waals surface area (Å²) in [6.07, 6.45) is -4.55. The Morgan fingerprint density at radius 1 is 1.17 bits per heavy atom. The van der Waals surface area contributed by atoms with Crippen LogP contribution in [0.5, 0.6) is 0 Å². The van der Waals surface area contributed by atoms with Crippen molar-refractivity contribution in [2.24, 2.45) is 0 Å². The van der Waals surface area contributed by atoms with Crippen LogP contribution >= 0.6 is 11.8 Å². The number of nitrogens with zero attached hydrogens (tertiary/aromatic N) is 5. The number of carbonyl (C=O) groups is 1. The van der Waals surface area contributed by atoms with Crippen LogP contribution < -0.4 is 10.2 Å². The van der Waals surface area contributed by atoms with E-state index in [2.05, 4.69) is 20.4 Å². The quantitative estimate of drug-likeness (QED) is 0.277. The molecule has 190 valence electrons. The molecule has 1 aromatic heterocycles. The lowest BCUT2D eigenvalue weighted by Gasteiger charge is -2.35. The van der Waals surface area contributed by atoms with Crippen molar-refractivity contribution in [2.75, 3.05) is 49.2 Å². The minimum absolute atomic E-state index is 0.0370. The maximum absolute atomic E-state index is 13.3. The molecule has 2 heterocycles. The molecule has 0 spiro atoms. The number of amides is 1. The van der Waals surface area contributed by atoms with Crippen molar-refractivity contribution in [2.45, 2.75) is 11.4 Å². The number of halogens is 3. The first-order valence-electron chi connectivity index (χ1n) is 10.8. The Bertz CT molecular complexity index is 1260. The number of non-ortho nitro benzene ring substituents is 1. The van der Waals surface area contributed by atoms with Crippen LogP contribution in [-0.2, 0) is 11.0 Å². The second kappa shape index (κ2) is 10.5. The fourth-order valence-corrected chi connectivity index (χ4v) is 4.15. The molecular weight excluding hydrogens is 501 g/mol. The first kappa shape index (κ1) is 25.4. The lowest BCUT2D eigenvalue weighted by molar-refractivity contribution is -0.384. The molecule has 1 fully saturated rings.